The summed E-state index contributed by atoms with van der Waals surface area (Å²) in [5.41, 5.74) is 2.19. The van der Waals surface area contributed by atoms with Gasteiger partial charge in [-0.25, -0.2) is 4.98 Å². The average molecular weight is 190 g/mol. The van der Waals surface area contributed by atoms with Gasteiger partial charge >= 0.3 is 0 Å². The van der Waals surface area contributed by atoms with E-state index in [1.807, 2.05) is 6.92 Å². The van der Waals surface area contributed by atoms with Gasteiger partial charge in [-0.05, 0) is 13.8 Å². The van der Waals surface area contributed by atoms with Gasteiger partial charge in [0, 0.05) is 18.9 Å². The first kappa shape index (κ1) is 8.99. The Balaban J connectivity index is 2.22. The van der Waals surface area contributed by atoms with Gasteiger partial charge in [-0.2, -0.15) is 0 Å². The normalized spacial score (nSPS) is 16.1. The van der Waals surface area contributed by atoms with Crippen molar-refractivity contribution in [2.75, 3.05) is 18.6 Å². The Morgan fingerprint density at radius 3 is 2.50 bits per heavy atom. The van der Waals surface area contributed by atoms with Crippen molar-refractivity contribution in [1.29, 1.82) is 0 Å². The number of nitrogens with zero attached hydrogens (tertiary/aromatic N) is 4. The minimum absolute atomic E-state index is 0.851. The van der Waals surface area contributed by atoms with Crippen LogP contribution in [0.4, 0.5) is 5.82 Å². The van der Waals surface area contributed by atoms with E-state index < -0.39 is 0 Å². The summed E-state index contributed by atoms with van der Waals surface area (Å²) in [5, 5.41) is 0. The van der Waals surface area contributed by atoms with Gasteiger partial charge in [0.25, 0.3) is 0 Å². The van der Waals surface area contributed by atoms with Crippen LogP contribution in [0.25, 0.3) is 0 Å². The molecular formula is C10H14N4. The van der Waals surface area contributed by atoms with Crippen LogP contribution in [0.5, 0.6) is 0 Å². The van der Waals surface area contributed by atoms with E-state index in [1.54, 1.807) is 12.4 Å². The molecule has 1 aromatic heterocycles. The maximum Gasteiger partial charge on any atom is 0.152 e. The Labute approximate surface area is 83.9 Å². The Bertz CT molecular complexity index is 355. The molecule has 1 aliphatic heterocycles. The van der Waals surface area contributed by atoms with Crippen molar-refractivity contribution in [3.63, 3.8) is 0 Å². The van der Waals surface area contributed by atoms with E-state index in [0.29, 0.717) is 0 Å². The maximum absolute atomic E-state index is 4.32. The number of anilines is 1. The van der Waals surface area contributed by atoms with Crippen molar-refractivity contribution >= 4 is 5.82 Å². The third-order valence-corrected chi connectivity index (χ3v) is 2.37. The Morgan fingerprint density at radius 2 is 2.00 bits per heavy atom. The van der Waals surface area contributed by atoms with Crippen LogP contribution in [0, 0.1) is 6.92 Å². The summed E-state index contributed by atoms with van der Waals surface area (Å²) >= 11 is 0. The molecule has 0 unspecified atom stereocenters. The molecule has 1 aromatic rings. The van der Waals surface area contributed by atoms with E-state index >= 15 is 0 Å². The van der Waals surface area contributed by atoms with E-state index in [9.17, 15) is 0 Å². The lowest BCUT2D eigenvalue weighted by molar-refractivity contribution is 0.459. The molecule has 4 nitrogen and oxygen atoms in total. The summed E-state index contributed by atoms with van der Waals surface area (Å²) in [7, 11) is 2.06. The van der Waals surface area contributed by atoms with Crippen LogP contribution >= 0.6 is 0 Å². The summed E-state index contributed by atoms with van der Waals surface area (Å²) < 4.78 is 0. The third-order valence-electron chi connectivity index (χ3n) is 2.37. The van der Waals surface area contributed by atoms with Crippen molar-refractivity contribution in [2.24, 2.45) is 0 Å². The number of hydrogen-bond acceptors (Lipinski definition) is 4. The van der Waals surface area contributed by atoms with Crippen LogP contribution in [-0.2, 0) is 0 Å². The fourth-order valence-corrected chi connectivity index (χ4v) is 1.38. The van der Waals surface area contributed by atoms with Gasteiger partial charge in [0.1, 0.15) is 0 Å². The summed E-state index contributed by atoms with van der Waals surface area (Å²) in [6.07, 6.45) is 5.68. The highest BCUT2D eigenvalue weighted by molar-refractivity contribution is 5.42. The molecule has 74 valence electrons. The second-order valence-electron chi connectivity index (χ2n) is 3.60. The molecule has 0 atom stereocenters. The quantitative estimate of drug-likeness (QED) is 0.669. The van der Waals surface area contributed by atoms with Crippen molar-refractivity contribution in [3.8, 4) is 0 Å². The molecule has 4 heteroatoms. The average Bonchev–Trinajstić information content (AvgIpc) is 2.48. The van der Waals surface area contributed by atoms with Crippen LogP contribution in [0.1, 0.15) is 12.6 Å². The SMILES string of the molecule is CC1=CN(c2cnc(C)cn2)CN1C. The maximum atomic E-state index is 4.32. The largest absolute Gasteiger partial charge is 0.359 e. The van der Waals surface area contributed by atoms with Crippen molar-refractivity contribution in [2.45, 2.75) is 13.8 Å². The van der Waals surface area contributed by atoms with Crippen LogP contribution in [0.15, 0.2) is 24.3 Å². The smallest absolute Gasteiger partial charge is 0.152 e. The Morgan fingerprint density at radius 1 is 1.21 bits per heavy atom. The minimum Gasteiger partial charge on any atom is -0.359 e. The molecule has 2 rings (SSSR count). The van der Waals surface area contributed by atoms with E-state index in [4.69, 9.17) is 0 Å². The molecule has 0 radical (unpaired) electrons. The van der Waals surface area contributed by atoms with Crippen LogP contribution in [-0.4, -0.2) is 28.6 Å². The molecule has 0 fully saturated rings. The third kappa shape index (κ3) is 1.55. The fourth-order valence-electron chi connectivity index (χ4n) is 1.38. The molecule has 0 aromatic carbocycles. The predicted molar refractivity (Wildman–Crippen MR) is 55.6 cm³/mol. The fraction of sp³-hybridized carbons (Fsp3) is 0.400. The topological polar surface area (TPSA) is 32.3 Å². The molecule has 0 saturated carbocycles. The molecule has 0 spiro atoms. The second-order valence-corrected chi connectivity index (χ2v) is 3.60. The zero-order valence-electron chi connectivity index (χ0n) is 8.73. The molecule has 1 aliphatic rings. The zero-order chi connectivity index (χ0) is 10.1. The summed E-state index contributed by atoms with van der Waals surface area (Å²) in [5.74, 6) is 0.902. The monoisotopic (exact) mass is 190 g/mol. The lowest BCUT2D eigenvalue weighted by atomic mass is 10.5. The molecule has 14 heavy (non-hydrogen) atoms. The van der Waals surface area contributed by atoms with Gasteiger partial charge in [0.15, 0.2) is 5.82 Å². The Kier molecular flexibility index (Phi) is 2.11. The van der Waals surface area contributed by atoms with Gasteiger partial charge in [0.05, 0.1) is 24.8 Å². The van der Waals surface area contributed by atoms with E-state index in [1.165, 1.54) is 5.70 Å². The molecule has 0 bridgehead atoms. The molecule has 0 saturated heterocycles. The van der Waals surface area contributed by atoms with E-state index in [-0.39, 0.29) is 0 Å². The Hall–Kier alpha value is -1.58. The van der Waals surface area contributed by atoms with Crippen molar-refractivity contribution in [3.05, 3.63) is 30.0 Å². The van der Waals surface area contributed by atoms with Crippen molar-refractivity contribution < 1.29 is 0 Å². The van der Waals surface area contributed by atoms with Gasteiger partial charge in [0.2, 0.25) is 0 Å². The predicted octanol–water partition coefficient (Wildman–Crippen LogP) is 1.36. The zero-order valence-corrected chi connectivity index (χ0v) is 8.73. The van der Waals surface area contributed by atoms with Gasteiger partial charge < -0.3 is 9.80 Å². The van der Waals surface area contributed by atoms with Crippen LogP contribution in [0.3, 0.4) is 0 Å². The first-order valence-electron chi connectivity index (χ1n) is 4.61. The summed E-state index contributed by atoms with van der Waals surface area (Å²) in [4.78, 5) is 12.8. The summed E-state index contributed by atoms with van der Waals surface area (Å²) in [6.45, 7) is 4.87. The molecule has 0 aliphatic carbocycles. The molecular weight excluding hydrogens is 176 g/mol. The molecule has 0 N–H and O–H groups in total. The first-order chi connectivity index (χ1) is 6.66. The highest BCUT2D eigenvalue weighted by Crippen LogP contribution is 2.18. The number of aromatic nitrogens is 2. The molecule has 0 amide bonds. The lowest BCUT2D eigenvalue weighted by Crippen LogP contribution is -2.23. The molecule has 2 heterocycles. The second kappa shape index (κ2) is 3.29. The first-order valence-corrected chi connectivity index (χ1v) is 4.61. The summed E-state index contributed by atoms with van der Waals surface area (Å²) in [6, 6.07) is 0. The highest BCUT2D eigenvalue weighted by Gasteiger charge is 2.15. The number of aryl methyl sites for hydroxylation is 1. The number of hydrogen-bond donors (Lipinski definition) is 0. The van der Waals surface area contributed by atoms with E-state index in [2.05, 4.69) is 39.9 Å². The van der Waals surface area contributed by atoms with Gasteiger partial charge in [-0.15, -0.1) is 0 Å². The van der Waals surface area contributed by atoms with Crippen LogP contribution in [0.2, 0.25) is 0 Å². The van der Waals surface area contributed by atoms with Gasteiger partial charge in [-0.1, -0.05) is 0 Å². The minimum atomic E-state index is 0.851. The lowest BCUT2D eigenvalue weighted by Gasteiger charge is -2.17. The van der Waals surface area contributed by atoms with Crippen LogP contribution < -0.4 is 4.90 Å². The van der Waals surface area contributed by atoms with Gasteiger partial charge in [-0.3, -0.25) is 4.98 Å². The standard InChI is InChI=1S/C10H14N4/c1-8-4-12-10(5-11-8)14-6-9(2)13(3)7-14/h4-6H,7H2,1-3H3. The van der Waals surface area contributed by atoms with Crippen molar-refractivity contribution in [1.82, 2.24) is 14.9 Å². The number of allylic oxidation sites excluding steroid dienone is 1. The highest BCUT2D eigenvalue weighted by atomic mass is 15.4. The van der Waals surface area contributed by atoms with E-state index in [0.717, 1.165) is 18.2 Å². The number of rotatable bonds is 1.